The third-order valence-corrected chi connectivity index (χ3v) is 5.81. The monoisotopic (exact) mass is 496 g/mol. The standard InChI is InChI=1S/C30H32N4O3/c1-20-11-10-14-22(17-20)31-29(37)32-25-18-24(21-12-6-5-7-13-21)23-15-8-9-16-26(23)34(28(25)36)19-27(35)33-30(2,3)4/h5-18,25H,19H2,1-4H3,(H,33,35)(H2,31,32,37). The number of benzene rings is 3. The molecule has 4 rings (SSSR count). The van der Waals surface area contributed by atoms with Gasteiger partial charge in [-0.3, -0.25) is 9.59 Å². The number of amides is 4. The van der Waals surface area contributed by atoms with Crippen LogP contribution in [0.4, 0.5) is 16.2 Å². The van der Waals surface area contributed by atoms with Crippen LogP contribution in [-0.4, -0.2) is 36.0 Å². The Hall–Kier alpha value is -4.39. The van der Waals surface area contributed by atoms with Crippen LogP contribution in [0.1, 0.15) is 37.5 Å². The largest absolute Gasteiger partial charge is 0.350 e. The highest BCUT2D eigenvalue weighted by molar-refractivity contribution is 6.09. The lowest BCUT2D eigenvalue weighted by Gasteiger charge is -2.28. The van der Waals surface area contributed by atoms with Crippen LogP contribution in [0.25, 0.3) is 5.57 Å². The van der Waals surface area contributed by atoms with Gasteiger partial charge in [0.2, 0.25) is 5.91 Å². The molecule has 1 aliphatic rings. The van der Waals surface area contributed by atoms with E-state index >= 15 is 0 Å². The molecule has 0 saturated carbocycles. The molecular formula is C30H32N4O3. The maximum Gasteiger partial charge on any atom is 0.320 e. The molecule has 0 spiro atoms. The third kappa shape index (κ3) is 6.44. The lowest BCUT2D eigenvalue weighted by molar-refractivity contribution is -0.125. The zero-order valence-corrected chi connectivity index (χ0v) is 21.5. The number of hydrogen-bond donors (Lipinski definition) is 3. The Kier molecular flexibility index (Phi) is 7.43. The van der Waals surface area contributed by atoms with Crippen molar-refractivity contribution in [3.05, 3.63) is 102 Å². The lowest BCUT2D eigenvalue weighted by Crippen LogP contribution is -2.52. The van der Waals surface area contributed by atoms with Crippen LogP contribution >= 0.6 is 0 Å². The second kappa shape index (κ2) is 10.7. The molecule has 1 unspecified atom stereocenters. The van der Waals surface area contributed by atoms with Gasteiger partial charge in [0.05, 0.1) is 5.69 Å². The van der Waals surface area contributed by atoms with Crippen LogP contribution in [0.15, 0.2) is 84.9 Å². The van der Waals surface area contributed by atoms with E-state index in [-0.39, 0.29) is 12.5 Å². The Balaban J connectivity index is 1.73. The summed E-state index contributed by atoms with van der Waals surface area (Å²) in [6, 6.07) is 23.1. The van der Waals surface area contributed by atoms with Crippen LogP contribution in [0, 0.1) is 6.92 Å². The number of aryl methyl sites for hydroxylation is 1. The number of hydrogen-bond acceptors (Lipinski definition) is 3. The summed E-state index contributed by atoms with van der Waals surface area (Å²) in [6.07, 6.45) is 1.76. The summed E-state index contributed by atoms with van der Waals surface area (Å²) in [5.74, 6) is -0.691. The highest BCUT2D eigenvalue weighted by Gasteiger charge is 2.33. The number of carbonyl (C=O) groups is 3. The van der Waals surface area contributed by atoms with E-state index in [9.17, 15) is 14.4 Å². The third-order valence-electron chi connectivity index (χ3n) is 5.81. The van der Waals surface area contributed by atoms with Crippen molar-refractivity contribution in [2.24, 2.45) is 0 Å². The number of urea groups is 1. The first kappa shape index (κ1) is 25.7. The Morgan fingerprint density at radius 3 is 2.32 bits per heavy atom. The number of carbonyl (C=O) groups excluding carboxylic acids is 3. The Labute approximate surface area is 217 Å². The van der Waals surface area contributed by atoms with Crippen LogP contribution in [0.3, 0.4) is 0 Å². The summed E-state index contributed by atoms with van der Waals surface area (Å²) in [5.41, 5.74) is 4.27. The van der Waals surface area contributed by atoms with E-state index in [4.69, 9.17) is 0 Å². The minimum absolute atomic E-state index is 0.180. The van der Waals surface area contributed by atoms with Gasteiger partial charge in [0, 0.05) is 16.8 Å². The number of nitrogens with one attached hydrogen (secondary N) is 3. The molecule has 0 aliphatic carbocycles. The fraction of sp³-hybridized carbons (Fsp3) is 0.233. The van der Waals surface area contributed by atoms with Gasteiger partial charge in [0.25, 0.3) is 5.91 Å². The highest BCUT2D eigenvalue weighted by Crippen LogP contribution is 2.35. The van der Waals surface area contributed by atoms with Crippen LogP contribution in [-0.2, 0) is 9.59 Å². The first-order valence-corrected chi connectivity index (χ1v) is 12.2. The van der Waals surface area contributed by atoms with Gasteiger partial charge in [-0.1, -0.05) is 60.7 Å². The molecule has 37 heavy (non-hydrogen) atoms. The summed E-state index contributed by atoms with van der Waals surface area (Å²) in [7, 11) is 0. The molecule has 3 N–H and O–H groups in total. The number of nitrogens with zero attached hydrogens (tertiary/aromatic N) is 1. The maximum absolute atomic E-state index is 13.9. The summed E-state index contributed by atoms with van der Waals surface area (Å²) >= 11 is 0. The molecule has 0 bridgehead atoms. The van der Waals surface area contributed by atoms with E-state index in [1.807, 2.05) is 100 Å². The quantitative estimate of drug-likeness (QED) is 0.470. The predicted octanol–water partition coefficient (Wildman–Crippen LogP) is 4.88. The SMILES string of the molecule is Cc1cccc(NC(=O)NC2C=C(c3ccccc3)c3ccccc3N(CC(=O)NC(C)(C)C)C2=O)c1. The van der Waals surface area contributed by atoms with Crippen molar-refractivity contribution in [1.29, 1.82) is 0 Å². The minimum Gasteiger partial charge on any atom is -0.350 e. The highest BCUT2D eigenvalue weighted by atomic mass is 16.2. The maximum atomic E-state index is 13.9. The van der Waals surface area contributed by atoms with Crippen molar-refractivity contribution < 1.29 is 14.4 Å². The van der Waals surface area contributed by atoms with Gasteiger partial charge < -0.3 is 20.9 Å². The van der Waals surface area contributed by atoms with E-state index in [0.29, 0.717) is 11.4 Å². The zero-order valence-electron chi connectivity index (χ0n) is 21.5. The van der Waals surface area contributed by atoms with Crippen molar-refractivity contribution >= 4 is 34.8 Å². The number of para-hydroxylation sites is 1. The smallest absolute Gasteiger partial charge is 0.320 e. The van der Waals surface area contributed by atoms with Crippen molar-refractivity contribution in [2.45, 2.75) is 39.3 Å². The fourth-order valence-corrected chi connectivity index (χ4v) is 4.32. The Morgan fingerprint density at radius 1 is 0.919 bits per heavy atom. The summed E-state index contributed by atoms with van der Waals surface area (Å²) in [6.45, 7) is 7.42. The van der Waals surface area contributed by atoms with Crippen molar-refractivity contribution in [3.63, 3.8) is 0 Å². The van der Waals surface area contributed by atoms with Gasteiger partial charge in [0.1, 0.15) is 12.6 Å². The van der Waals surface area contributed by atoms with Crippen LogP contribution in [0.5, 0.6) is 0 Å². The average molecular weight is 497 g/mol. The molecule has 7 nitrogen and oxygen atoms in total. The molecule has 4 amide bonds. The van der Waals surface area contributed by atoms with Crippen LogP contribution < -0.4 is 20.9 Å². The second-order valence-electron chi connectivity index (χ2n) is 10.1. The first-order valence-electron chi connectivity index (χ1n) is 12.2. The van der Waals surface area contributed by atoms with Gasteiger partial charge in [-0.2, -0.15) is 0 Å². The topological polar surface area (TPSA) is 90.5 Å². The molecule has 1 atom stereocenters. The van der Waals surface area contributed by atoms with Crippen LogP contribution in [0.2, 0.25) is 0 Å². The molecule has 0 fully saturated rings. The number of fused-ring (bicyclic) bond motifs is 1. The molecule has 1 aliphatic heterocycles. The normalized spacial score (nSPS) is 15.2. The molecule has 0 saturated heterocycles. The van der Waals surface area contributed by atoms with Crippen molar-refractivity contribution in [2.75, 3.05) is 16.8 Å². The van der Waals surface area contributed by atoms with E-state index in [0.717, 1.165) is 22.3 Å². The second-order valence-corrected chi connectivity index (χ2v) is 10.1. The van der Waals surface area contributed by atoms with E-state index in [2.05, 4.69) is 16.0 Å². The summed E-state index contributed by atoms with van der Waals surface area (Å²) < 4.78 is 0. The van der Waals surface area contributed by atoms with Crippen molar-refractivity contribution in [1.82, 2.24) is 10.6 Å². The van der Waals surface area contributed by atoms with Gasteiger partial charge in [-0.25, -0.2) is 4.79 Å². The summed E-state index contributed by atoms with van der Waals surface area (Å²) in [4.78, 5) is 41.2. The molecule has 3 aromatic carbocycles. The van der Waals surface area contributed by atoms with E-state index in [1.54, 1.807) is 12.1 Å². The predicted molar refractivity (Wildman–Crippen MR) is 147 cm³/mol. The Bertz CT molecular complexity index is 1340. The van der Waals surface area contributed by atoms with E-state index < -0.39 is 23.5 Å². The first-order chi connectivity index (χ1) is 17.6. The molecule has 0 radical (unpaired) electrons. The Morgan fingerprint density at radius 2 is 1.62 bits per heavy atom. The van der Waals surface area contributed by atoms with Crippen molar-refractivity contribution in [3.8, 4) is 0 Å². The lowest BCUT2D eigenvalue weighted by atomic mass is 9.95. The van der Waals surface area contributed by atoms with Gasteiger partial charge in [-0.15, -0.1) is 0 Å². The molecule has 7 heteroatoms. The fourth-order valence-electron chi connectivity index (χ4n) is 4.32. The minimum atomic E-state index is -1.00. The zero-order chi connectivity index (χ0) is 26.6. The van der Waals surface area contributed by atoms with Gasteiger partial charge in [-0.05, 0) is 68.7 Å². The molecule has 3 aromatic rings. The molecule has 190 valence electrons. The molecular weight excluding hydrogens is 464 g/mol. The van der Waals surface area contributed by atoms with Gasteiger partial charge >= 0.3 is 6.03 Å². The number of rotatable bonds is 5. The van der Waals surface area contributed by atoms with Gasteiger partial charge in [0.15, 0.2) is 0 Å². The average Bonchev–Trinajstić information content (AvgIpc) is 2.94. The number of anilines is 2. The van der Waals surface area contributed by atoms with E-state index in [1.165, 1.54) is 4.90 Å². The molecule has 0 aromatic heterocycles. The summed E-state index contributed by atoms with van der Waals surface area (Å²) in [5, 5.41) is 8.54. The molecule has 1 heterocycles.